The highest BCUT2D eigenvalue weighted by molar-refractivity contribution is 5.53. The van der Waals surface area contributed by atoms with Gasteiger partial charge in [0.25, 0.3) is 0 Å². The van der Waals surface area contributed by atoms with Crippen molar-refractivity contribution in [1.82, 2.24) is 9.55 Å². The molecule has 2 rings (SSSR count). The summed E-state index contributed by atoms with van der Waals surface area (Å²) in [6.45, 7) is 2.95. The Labute approximate surface area is 108 Å². The van der Waals surface area contributed by atoms with Gasteiger partial charge in [-0.1, -0.05) is 0 Å². The molecule has 0 atom stereocenters. The van der Waals surface area contributed by atoms with Gasteiger partial charge in [0, 0.05) is 38.1 Å². The molecule has 0 aliphatic rings. The molecule has 1 N–H and O–H groups in total. The van der Waals surface area contributed by atoms with Crippen LogP contribution in [0.3, 0.4) is 0 Å². The van der Waals surface area contributed by atoms with Crippen molar-refractivity contribution >= 4 is 5.69 Å². The van der Waals surface area contributed by atoms with Gasteiger partial charge in [0.05, 0.1) is 7.11 Å². The molecule has 0 saturated carbocycles. The smallest absolute Gasteiger partial charge is 0.119 e. The molecule has 96 valence electrons. The Bertz CT molecular complexity index is 520. The predicted molar refractivity (Wildman–Crippen MR) is 73.1 cm³/mol. The van der Waals surface area contributed by atoms with Gasteiger partial charge in [0.1, 0.15) is 11.6 Å². The maximum Gasteiger partial charge on any atom is 0.119 e. The second-order valence-electron chi connectivity index (χ2n) is 4.31. The molecule has 0 radical (unpaired) electrons. The Hall–Kier alpha value is -1.97. The second-order valence-corrected chi connectivity index (χ2v) is 4.31. The quantitative estimate of drug-likeness (QED) is 0.879. The highest BCUT2D eigenvalue weighted by Gasteiger charge is 2.02. The van der Waals surface area contributed by atoms with E-state index in [0.29, 0.717) is 0 Å². The van der Waals surface area contributed by atoms with Gasteiger partial charge in [0.15, 0.2) is 0 Å². The first-order chi connectivity index (χ1) is 8.70. The van der Waals surface area contributed by atoms with Crippen LogP contribution in [0.4, 0.5) is 5.69 Å². The van der Waals surface area contributed by atoms with E-state index in [1.165, 1.54) is 5.56 Å². The topological polar surface area (TPSA) is 39.1 Å². The number of ether oxygens (including phenoxy) is 1. The van der Waals surface area contributed by atoms with Gasteiger partial charge in [-0.15, -0.1) is 0 Å². The van der Waals surface area contributed by atoms with E-state index in [1.807, 2.05) is 42.2 Å². The number of aryl methyl sites for hydroxylation is 2. The molecule has 0 aliphatic carbocycles. The largest absolute Gasteiger partial charge is 0.497 e. The molecule has 4 heteroatoms. The molecular formula is C14H19N3O. The maximum atomic E-state index is 5.19. The monoisotopic (exact) mass is 245 g/mol. The minimum atomic E-state index is 0.873. The van der Waals surface area contributed by atoms with E-state index in [4.69, 9.17) is 4.74 Å². The Morgan fingerprint density at radius 1 is 1.39 bits per heavy atom. The lowest BCUT2D eigenvalue weighted by Crippen LogP contribution is -2.09. The van der Waals surface area contributed by atoms with Gasteiger partial charge in [0.2, 0.25) is 0 Å². The lowest BCUT2D eigenvalue weighted by atomic mass is 10.2. The predicted octanol–water partition coefficient (Wildman–Crippen LogP) is 2.39. The fourth-order valence-electron chi connectivity index (χ4n) is 1.91. The molecule has 2 aromatic rings. The zero-order chi connectivity index (χ0) is 13.0. The average molecular weight is 245 g/mol. The number of rotatable bonds is 5. The summed E-state index contributed by atoms with van der Waals surface area (Å²) < 4.78 is 7.23. The van der Waals surface area contributed by atoms with Gasteiger partial charge in [-0.3, -0.25) is 0 Å². The molecule has 0 bridgehead atoms. The summed E-state index contributed by atoms with van der Waals surface area (Å²) >= 11 is 0. The van der Waals surface area contributed by atoms with Crippen LogP contribution in [0.2, 0.25) is 0 Å². The first-order valence-electron chi connectivity index (χ1n) is 6.05. The fraction of sp³-hybridized carbons (Fsp3) is 0.357. The van der Waals surface area contributed by atoms with Crippen molar-refractivity contribution < 1.29 is 4.74 Å². The third-order valence-electron chi connectivity index (χ3n) is 3.02. The van der Waals surface area contributed by atoms with Gasteiger partial charge in [-0.2, -0.15) is 0 Å². The summed E-state index contributed by atoms with van der Waals surface area (Å²) in [5, 5.41) is 3.42. The molecule has 4 nitrogen and oxygen atoms in total. The Morgan fingerprint density at radius 2 is 2.22 bits per heavy atom. The molecule has 0 unspecified atom stereocenters. The number of methoxy groups -OCH3 is 1. The molecule has 0 aliphatic heterocycles. The van der Waals surface area contributed by atoms with E-state index >= 15 is 0 Å². The number of nitrogens with zero attached hydrogens (tertiary/aromatic N) is 2. The van der Waals surface area contributed by atoms with Crippen LogP contribution in [0.1, 0.15) is 11.4 Å². The normalized spacial score (nSPS) is 10.4. The molecule has 1 aromatic heterocycles. The van der Waals surface area contributed by atoms with Crippen molar-refractivity contribution in [2.45, 2.75) is 13.3 Å². The van der Waals surface area contributed by atoms with Crippen LogP contribution < -0.4 is 10.1 Å². The van der Waals surface area contributed by atoms with Gasteiger partial charge >= 0.3 is 0 Å². The van der Waals surface area contributed by atoms with Crippen LogP contribution in [0.15, 0.2) is 30.6 Å². The molecular weight excluding hydrogens is 226 g/mol. The van der Waals surface area contributed by atoms with E-state index in [9.17, 15) is 0 Å². The molecule has 0 saturated heterocycles. The highest BCUT2D eigenvalue weighted by atomic mass is 16.5. The number of aromatic nitrogens is 2. The molecule has 1 aromatic carbocycles. The third-order valence-corrected chi connectivity index (χ3v) is 3.02. The number of imidazole rings is 1. The summed E-state index contributed by atoms with van der Waals surface area (Å²) in [5.41, 5.74) is 2.33. The van der Waals surface area contributed by atoms with E-state index in [0.717, 1.165) is 30.2 Å². The minimum Gasteiger partial charge on any atom is -0.497 e. The SMILES string of the molecule is COc1ccc(NCCc2nccn2C)c(C)c1. The molecule has 1 heterocycles. The van der Waals surface area contributed by atoms with Crippen molar-refractivity contribution in [1.29, 1.82) is 0 Å². The van der Waals surface area contributed by atoms with E-state index in [-0.39, 0.29) is 0 Å². The van der Waals surface area contributed by atoms with Crippen LogP contribution in [0, 0.1) is 6.92 Å². The summed E-state index contributed by atoms with van der Waals surface area (Å²) in [4.78, 5) is 4.30. The fourth-order valence-corrected chi connectivity index (χ4v) is 1.91. The molecule has 0 spiro atoms. The van der Waals surface area contributed by atoms with Crippen LogP contribution in [-0.2, 0) is 13.5 Å². The number of hydrogen-bond donors (Lipinski definition) is 1. The van der Waals surface area contributed by atoms with Crippen molar-refractivity contribution in [3.8, 4) is 5.75 Å². The summed E-state index contributed by atoms with van der Waals surface area (Å²) in [7, 11) is 3.70. The molecule has 0 amide bonds. The number of nitrogens with one attached hydrogen (secondary N) is 1. The van der Waals surface area contributed by atoms with Crippen molar-refractivity contribution in [3.05, 3.63) is 42.0 Å². The third kappa shape index (κ3) is 2.83. The second kappa shape index (κ2) is 5.58. The van der Waals surface area contributed by atoms with Gasteiger partial charge in [-0.25, -0.2) is 4.98 Å². The van der Waals surface area contributed by atoms with Crippen LogP contribution in [-0.4, -0.2) is 23.2 Å². The Kier molecular flexibility index (Phi) is 3.87. The molecule has 0 fully saturated rings. The highest BCUT2D eigenvalue weighted by Crippen LogP contribution is 2.20. The van der Waals surface area contributed by atoms with E-state index in [1.54, 1.807) is 7.11 Å². The lowest BCUT2D eigenvalue weighted by molar-refractivity contribution is 0.414. The lowest BCUT2D eigenvalue weighted by Gasteiger charge is -2.10. The average Bonchev–Trinajstić information content (AvgIpc) is 2.77. The number of benzene rings is 1. The van der Waals surface area contributed by atoms with E-state index < -0.39 is 0 Å². The van der Waals surface area contributed by atoms with Crippen molar-refractivity contribution in [2.75, 3.05) is 19.0 Å². The van der Waals surface area contributed by atoms with E-state index in [2.05, 4.69) is 17.2 Å². The summed E-state index contributed by atoms with van der Waals surface area (Å²) in [5.74, 6) is 1.98. The zero-order valence-electron chi connectivity index (χ0n) is 11.1. The zero-order valence-corrected chi connectivity index (χ0v) is 11.1. The minimum absolute atomic E-state index is 0.873. The van der Waals surface area contributed by atoms with Crippen LogP contribution in [0.25, 0.3) is 0 Å². The van der Waals surface area contributed by atoms with Crippen LogP contribution in [0.5, 0.6) is 5.75 Å². The Morgan fingerprint density at radius 3 is 2.83 bits per heavy atom. The van der Waals surface area contributed by atoms with Gasteiger partial charge < -0.3 is 14.6 Å². The standard InChI is InChI=1S/C14H19N3O/c1-11-10-12(18-3)4-5-13(11)15-7-6-14-16-8-9-17(14)2/h4-5,8-10,15H,6-7H2,1-3H3. The molecule has 18 heavy (non-hydrogen) atoms. The summed E-state index contributed by atoms with van der Waals surface area (Å²) in [6, 6.07) is 6.05. The first-order valence-corrected chi connectivity index (χ1v) is 6.05. The summed E-state index contributed by atoms with van der Waals surface area (Å²) in [6.07, 6.45) is 4.71. The van der Waals surface area contributed by atoms with Crippen molar-refractivity contribution in [3.63, 3.8) is 0 Å². The Balaban J connectivity index is 1.92. The first kappa shape index (κ1) is 12.5. The number of hydrogen-bond acceptors (Lipinski definition) is 3. The van der Waals surface area contributed by atoms with Crippen LogP contribution >= 0.6 is 0 Å². The van der Waals surface area contributed by atoms with Crippen molar-refractivity contribution in [2.24, 2.45) is 7.05 Å². The van der Waals surface area contributed by atoms with Gasteiger partial charge in [-0.05, 0) is 30.7 Å². The number of anilines is 1. The maximum absolute atomic E-state index is 5.19.